The zero-order valence-corrected chi connectivity index (χ0v) is 15.0. The average molecular weight is 421 g/mol. The molecule has 0 aliphatic rings. The van der Waals surface area contributed by atoms with E-state index in [1.165, 1.54) is 0 Å². The molecule has 0 aliphatic heterocycles. The standard InChI is InChI=1S/C14H15Br2NO2S/c1-2-18-13-4-9(6-17)3-12(16)14(13)19-7-11-5-10(15)8-20-11/h3-5,8H,2,6-7,17H2,1H3. The van der Waals surface area contributed by atoms with E-state index in [4.69, 9.17) is 15.2 Å². The van der Waals surface area contributed by atoms with Crippen LogP contribution >= 0.6 is 43.2 Å². The summed E-state index contributed by atoms with van der Waals surface area (Å²) in [4.78, 5) is 1.15. The van der Waals surface area contributed by atoms with E-state index in [2.05, 4.69) is 31.9 Å². The van der Waals surface area contributed by atoms with Crippen molar-refractivity contribution in [2.24, 2.45) is 5.73 Å². The first-order chi connectivity index (χ1) is 9.63. The molecule has 1 heterocycles. The van der Waals surface area contributed by atoms with Gasteiger partial charge in [0.25, 0.3) is 0 Å². The van der Waals surface area contributed by atoms with Crippen LogP contribution in [-0.2, 0) is 13.2 Å². The first-order valence-electron chi connectivity index (χ1n) is 6.15. The lowest BCUT2D eigenvalue weighted by Gasteiger charge is -2.14. The summed E-state index contributed by atoms with van der Waals surface area (Å²) in [5.74, 6) is 1.44. The Hall–Kier alpha value is -0.560. The van der Waals surface area contributed by atoms with Crippen molar-refractivity contribution in [2.75, 3.05) is 6.61 Å². The number of rotatable bonds is 6. The summed E-state index contributed by atoms with van der Waals surface area (Å²) < 4.78 is 13.5. The molecule has 3 nitrogen and oxygen atoms in total. The third kappa shape index (κ3) is 3.97. The lowest BCUT2D eigenvalue weighted by molar-refractivity contribution is 0.269. The van der Waals surface area contributed by atoms with Gasteiger partial charge in [0.1, 0.15) is 6.61 Å². The molecule has 108 valence electrons. The average Bonchev–Trinajstić information content (AvgIpc) is 2.83. The van der Waals surface area contributed by atoms with Crippen molar-refractivity contribution in [2.45, 2.75) is 20.1 Å². The number of benzene rings is 1. The van der Waals surface area contributed by atoms with E-state index >= 15 is 0 Å². The predicted octanol–water partition coefficient (Wildman–Crippen LogP) is 4.71. The highest BCUT2D eigenvalue weighted by Gasteiger charge is 2.12. The first-order valence-corrected chi connectivity index (χ1v) is 8.61. The van der Waals surface area contributed by atoms with Crippen molar-refractivity contribution in [3.8, 4) is 11.5 Å². The molecule has 1 aromatic carbocycles. The normalized spacial score (nSPS) is 10.6. The van der Waals surface area contributed by atoms with Gasteiger partial charge in [-0.05, 0) is 62.5 Å². The molecule has 20 heavy (non-hydrogen) atoms. The maximum absolute atomic E-state index is 5.90. The van der Waals surface area contributed by atoms with Crippen molar-refractivity contribution < 1.29 is 9.47 Å². The SMILES string of the molecule is CCOc1cc(CN)cc(Br)c1OCc1cc(Br)cs1. The molecule has 6 heteroatoms. The van der Waals surface area contributed by atoms with Crippen molar-refractivity contribution >= 4 is 43.2 Å². The number of nitrogens with two attached hydrogens (primary N) is 1. The van der Waals surface area contributed by atoms with Crippen LogP contribution in [0, 0.1) is 0 Å². The second kappa shape index (κ2) is 7.45. The van der Waals surface area contributed by atoms with Gasteiger partial charge in [0.2, 0.25) is 0 Å². The molecular weight excluding hydrogens is 406 g/mol. The van der Waals surface area contributed by atoms with Crippen LogP contribution in [0.2, 0.25) is 0 Å². The second-order valence-corrected chi connectivity index (χ2v) is 6.83. The number of halogens is 2. The molecule has 0 saturated heterocycles. The monoisotopic (exact) mass is 419 g/mol. The van der Waals surface area contributed by atoms with Gasteiger partial charge in [-0.2, -0.15) is 0 Å². The molecule has 0 saturated carbocycles. The quantitative estimate of drug-likeness (QED) is 0.735. The fraction of sp³-hybridized carbons (Fsp3) is 0.286. The summed E-state index contributed by atoms with van der Waals surface area (Å²) >= 11 is 8.61. The van der Waals surface area contributed by atoms with Crippen LogP contribution in [0.25, 0.3) is 0 Å². The summed E-state index contributed by atoms with van der Waals surface area (Å²) in [5, 5.41) is 2.04. The van der Waals surface area contributed by atoms with E-state index in [1.807, 2.05) is 30.5 Å². The summed E-state index contributed by atoms with van der Waals surface area (Å²) in [6, 6.07) is 5.93. The van der Waals surface area contributed by atoms with Crippen molar-refractivity contribution in [3.05, 3.63) is 43.0 Å². The third-order valence-electron chi connectivity index (χ3n) is 2.59. The Bertz CT molecular complexity index is 587. The largest absolute Gasteiger partial charge is 0.490 e. The number of hydrogen-bond acceptors (Lipinski definition) is 4. The van der Waals surface area contributed by atoms with E-state index in [0.29, 0.717) is 25.5 Å². The third-order valence-corrected chi connectivity index (χ3v) is 4.85. The minimum absolute atomic E-state index is 0.469. The molecular formula is C14H15Br2NO2S. The lowest BCUT2D eigenvalue weighted by atomic mass is 10.2. The van der Waals surface area contributed by atoms with Crippen molar-refractivity contribution in [1.29, 1.82) is 0 Å². The van der Waals surface area contributed by atoms with Crippen LogP contribution in [0.1, 0.15) is 17.4 Å². The zero-order chi connectivity index (χ0) is 14.5. The van der Waals surface area contributed by atoms with E-state index in [0.717, 1.165) is 25.1 Å². The minimum Gasteiger partial charge on any atom is -0.490 e. The molecule has 0 unspecified atom stereocenters. The van der Waals surface area contributed by atoms with Crippen molar-refractivity contribution in [1.82, 2.24) is 0 Å². The minimum atomic E-state index is 0.469. The van der Waals surface area contributed by atoms with Crippen LogP contribution in [0.3, 0.4) is 0 Å². The summed E-state index contributed by atoms with van der Waals surface area (Å²) in [6.07, 6.45) is 0. The highest BCUT2D eigenvalue weighted by Crippen LogP contribution is 2.37. The highest BCUT2D eigenvalue weighted by atomic mass is 79.9. The molecule has 2 rings (SSSR count). The number of ether oxygens (including phenoxy) is 2. The van der Waals surface area contributed by atoms with E-state index in [9.17, 15) is 0 Å². The van der Waals surface area contributed by atoms with Gasteiger partial charge in [-0.1, -0.05) is 0 Å². The molecule has 0 amide bonds. The van der Waals surface area contributed by atoms with Crippen LogP contribution in [0.4, 0.5) is 0 Å². The number of thiophene rings is 1. The van der Waals surface area contributed by atoms with Gasteiger partial charge < -0.3 is 15.2 Å². The van der Waals surface area contributed by atoms with Crippen molar-refractivity contribution in [3.63, 3.8) is 0 Å². The van der Waals surface area contributed by atoms with E-state index in [-0.39, 0.29) is 0 Å². The molecule has 0 radical (unpaired) electrons. The molecule has 0 bridgehead atoms. The Morgan fingerprint density at radius 1 is 1.20 bits per heavy atom. The molecule has 0 aliphatic carbocycles. The Labute approximate surface area is 139 Å². The lowest BCUT2D eigenvalue weighted by Crippen LogP contribution is -2.02. The molecule has 0 spiro atoms. The Kier molecular flexibility index (Phi) is 5.89. The fourth-order valence-electron chi connectivity index (χ4n) is 1.72. The van der Waals surface area contributed by atoms with Gasteiger partial charge in [-0.3, -0.25) is 0 Å². The second-order valence-electron chi connectivity index (χ2n) is 4.06. The number of hydrogen-bond donors (Lipinski definition) is 1. The van der Waals surface area contributed by atoms with Gasteiger partial charge in [-0.25, -0.2) is 0 Å². The van der Waals surface area contributed by atoms with Crippen LogP contribution < -0.4 is 15.2 Å². The van der Waals surface area contributed by atoms with Crippen LogP contribution in [0.15, 0.2) is 32.5 Å². The molecule has 2 aromatic rings. The summed E-state index contributed by atoms with van der Waals surface area (Å²) in [5.41, 5.74) is 6.69. The van der Waals surface area contributed by atoms with Crippen LogP contribution in [-0.4, -0.2) is 6.61 Å². The smallest absolute Gasteiger partial charge is 0.175 e. The zero-order valence-electron chi connectivity index (χ0n) is 11.0. The maximum atomic E-state index is 5.90. The fourth-order valence-corrected chi connectivity index (χ4v) is 3.68. The predicted molar refractivity (Wildman–Crippen MR) is 89.6 cm³/mol. The van der Waals surface area contributed by atoms with E-state index in [1.54, 1.807) is 11.3 Å². The topological polar surface area (TPSA) is 44.5 Å². The first kappa shape index (κ1) is 15.8. The van der Waals surface area contributed by atoms with E-state index < -0.39 is 0 Å². The molecule has 2 N–H and O–H groups in total. The maximum Gasteiger partial charge on any atom is 0.175 e. The summed E-state index contributed by atoms with van der Waals surface area (Å²) in [6.45, 7) is 3.51. The van der Waals surface area contributed by atoms with Crippen LogP contribution in [0.5, 0.6) is 11.5 Å². The highest BCUT2D eigenvalue weighted by molar-refractivity contribution is 9.10. The molecule has 0 fully saturated rings. The Morgan fingerprint density at radius 2 is 2.00 bits per heavy atom. The van der Waals surface area contributed by atoms with Gasteiger partial charge in [0, 0.05) is 21.3 Å². The summed E-state index contributed by atoms with van der Waals surface area (Å²) in [7, 11) is 0. The van der Waals surface area contributed by atoms with Gasteiger partial charge in [-0.15, -0.1) is 11.3 Å². The Balaban J connectivity index is 2.20. The van der Waals surface area contributed by atoms with Gasteiger partial charge in [0.15, 0.2) is 11.5 Å². The van der Waals surface area contributed by atoms with Gasteiger partial charge >= 0.3 is 0 Å². The van der Waals surface area contributed by atoms with Gasteiger partial charge in [0.05, 0.1) is 11.1 Å². The Morgan fingerprint density at radius 3 is 2.60 bits per heavy atom. The molecule has 1 aromatic heterocycles. The molecule has 0 atom stereocenters.